The van der Waals surface area contributed by atoms with Crippen LogP contribution < -0.4 is 5.32 Å². The summed E-state index contributed by atoms with van der Waals surface area (Å²) in [7, 11) is 0. The van der Waals surface area contributed by atoms with Crippen LogP contribution in [0.5, 0.6) is 0 Å². The number of nitrogens with one attached hydrogen (secondary N) is 1. The molecule has 0 saturated heterocycles. The molecule has 110 valence electrons. The summed E-state index contributed by atoms with van der Waals surface area (Å²) in [6.45, 7) is 0. The maximum absolute atomic E-state index is 12.0. The summed E-state index contributed by atoms with van der Waals surface area (Å²) in [6, 6.07) is 9.87. The minimum atomic E-state index is -0.809. The number of nitrogens with zero attached hydrogens (tertiary/aromatic N) is 1. The third-order valence-electron chi connectivity index (χ3n) is 3.81. The van der Waals surface area contributed by atoms with Gasteiger partial charge in [-0.3, -0.25) is 4.79 Å². The average Bonchev–Trinajstić information content (AvgIpc) is 3.09. The van der Waals surface area contributed by atoms with E-state index in [9.17, 15) is 9.90 Å². The van der Waals surface area contributed by atoms with Crippen LogP contribution in [0.1, 0.15) is 32.1 Å². The molecule has 4 nitrogen and oxygen atoms in total. The maximum Gasteiger partial charge on any atom is 0.227 e. The van der Waals surface area contributed by atoms with Crippen LogP contribution in [0.25, 0.3) is 10.6 Å². The Labute approximate surface area is 127 Å². The zero-order valence-electron chi connectivity index (χ0n) is 11.7. The summed E-state index contributed by atoms with van der Waals surface area (Å²) in [6.07, 6.45) is 5.29. The molecule has 1 heterocycles. The van der Waals surface area contributed by atoms with Gasteiger partial charge in [-0.2, -0.15) is 0 Å². The van der Waals surface area contributed by atoms with Gasteiger partial charge in [-0.25, -0.2) is 4.98 Å². The Kier molecular flexibility index (Phi) is 4.03. The van der Waals surface area contributed by atoms with Gasteiger partial charge < -0.3 is 10.4 Å². The van der Waals surface area contributed by atoms with Crippen molar-refractivity contribution in [2.45, 2.75) is 37.7 Å². The Morgan fingerprint density at radius 3 is 2.71 bits per heavy atom. The van der Waals surface area contributed by atoms with Crippen molar-refractivity contribution in [3.8, 4) is 10.6 Å². The number of hydrogen-bond donors (Lipinski definition) is 2. The molecule has 1 aliphatic carbocycles. The molecule has 1 aromatic carbocycles. The van der Waals surface area contributed by atoms with Crippen LogP contribution in [0.2, 0.25) is 0 Å². The van der Waals surface area contributed by atoms with Gasteiger partial charge in [-0.15, -0.1) is 0 Å². The van der Waals surface area contributed by atoms with Crippen molar-refractivity contribution in [3.05, 3.63) is 36.5 Å². The average molecular weight is 302 g/mol. The minimum absolute atomic E-state index is 0.136. The number of rotatable bonds is 4. The number of carbonyl (C=O) groups excluding carboxylic acids is 1. The molecule has 5 heteroatoms. The van der Waals surface area contributed by atoms with Crippen LogP contribution in [-0.2, 0) is 4.79 Å². The smallest absolute Gasteiger partial charge is 0.227 e. The van der Waals surface area contributed by atoms with Crippen molar-refractivity contribution in [1.29, 1.82) is 0 Å². The van der Waals surface area contributed by atoms with Gasteiger partial charge >= 0.3 is 0 Å². The number of hydrogen-bond acceptors (Lipinski definition) is 4. The number of carbonyl (C=O) groups is 1. The highest BCUT2D eigenvalue weighted by atomic mass is 32.1. The van der Waals surface area contributed by atoms with Gasteiger partial charge in [0.2, 0.25) is 5.91 Å². The van der Waals surface area contributed by atoms with Crippen LogP contribution >= 0.6 is 11.3 Å². The summed E-state index contributed by atoms with van der Waals surface area (Å²) in [5.41, 5.74) is 0.231. The number of benzene rings is 1. The zero-order valence-corrected chi connectivity index (χ0v) is 12.5. The Bertz CT molecular complexity index is 618. The minimum Gasteiger partial charge on any atom is -0.389 e. The third-order valence-corrected chi connectivity index (χ3v) is 4.77. The van der Waals surface area contributed by atoms with Gasteiger partial charge in [-0.1, -0.05) is 54.5 Å². The molecule has 0 spiro atoms. The predicted octanol–water partition coefficient (Wildman–Crippen LogP) is 3.44. The fraction of sp³-hybridized carbons (Fsp3) is 0.375. The lowest BCUT2D eigenvalue weighted by Gasteiger charge is -2.20. The lowest BCUT2D eigenvalue weighted by molar-refractivity contribution is -0.120. The quantitative estimate of drug-likeness (QED) is 0.909. The summed E-state index contributed by atoms with van der Waals surface area (Å²) >= 11 is 1.45. The summed E-state index contributed by atoms with van der Waals surface area (Å²) < 4.78 is 0. The third kappa shape index (κ3) is 3.49. The molecule has 1 aliphatic rings. The molecule has 1 saturated carbocycles. The first-order valence-electron chi connectivity index (χ1n) is 7.18. The maximum atomic E-state index is 12.0. The molecule has 0 bridgehead atoms. The van der Waals surface area contributed by atoms with E-state index < -0.39 is 5.60 Å². The first kappa shape index (κ1) is 14.2. The van der Waals surface area contributed by atoms with Gasteiger partial charge in [0.05, 0.1) is 18.2 Å². The first-order valence-corrected chi connectivity index (χ1v) is 8.00. The van der Waals surface area contributed by atoms with Gasteiger partial charge in [0.15, 0.2) is 0 Å². The van der Waals surface area contributed by atoms with E-state index in [-0.39, 0.29) is 12.3 Å². The van der Waals surface area contributed by atoms with Crippen LogP contribution in [0.3, 0.4) is 0 Å². The summed E-state index contributed by atoms with van der Waals surface area (Å²) in [5.74, 6) is -0.136. The monoisotopic (exact) mass is 302 g/mol. The van der Waals surface area contributed by atoms with E-state index in [4.69, 9.17) is 0 Å². The second-order valence-electron chi connectivity index (χ2n) is 5.55. The molecule has 1 fully saturated rings. The molecule has 3 rings (SSSR count). The van der Waals surface area contributed by atoms with Crippen molar-refractivity contribution in [3.63, 3.8) is 0 Å². The molecule has 2 N–H and O–H groups in total. The molecule has 1 amide bonds. The SMILES string of the molecule is O=C(CC1(O)CCCC1)Nc1cnc(-c2ccccc2)s1. The van der Waals surface area contributed by atoms with Gasteiger partial charge in [0, 0.05) is 5.56 Å². The van der Waals surface area contributed by atoms with Gasteiger partial charge in [-0.05, 0) is 12.8 Å². The molecule has 0 atom stereocenters. The Morgan fingerprint density at radius 2 is 2.00 bits per heavy atom. The van der Waals surface area contributed by atoms with E-state index in [1.54, 1.807) is 6.20 Å². The lowest BCUT2D eigenvalue weighted by atomic mass is 9.98. The van der Waals surface area contributed by atoms with Crippen molar-refractivity contribution in [2.24, 2.45) is 0 Å². The number of aromatic nitrogens is 1. The normalized spacial score (nSPS) is 16.8. The van der Waals surface area contributed by atoms with Crippen LogP contribution in [0.15, 0.2) is 36.5 Å². The fourth-order valence-electron chi connectivity index (χ4n) is 2.74. The molecule has 2 aromatic rings. The van der Waals surface area contributed by atoms with E-state index in [1.807, 2.05) is 30.3 Å². The Hall–Kier alpha value is -1.72. The number of aliphatic hydroxyl groups is 1. The molecular formula is C16H18N2O2S. The summed E-state index contributed by atoms with van der Waals surface area (Å²) in [5, 5.41) is 14.7. The van der Waals surface area contributed by atoms with Crippen LogP contribution in [-0.4, -0.2) is 21.6 Å². The van der Waals surface area contributed by atoms with Crippen molar-refractivity contribution < 1.29 is 9.90 Å². The van der Waals surface area contributed by atoms with E-state index in [1.165, 1.54) is 11.3 Å². The van der Waals surface area contributed by atoms with E-state index in [0.717, 1.165) is 41.3 Å². The predicted molar refractivity (Wildman–Crippen MR) is 84.2 cm³/mol. The zero-order chi connectivity index (χ0) is 14.7. The molecule has 0 aliphatic heterocycles. The molecule has 1 aromatic heterocycles. The largest absolute Gasteiger partial charge is 0.389 e. The van der Waals surface area contributed by atoms with E-state index in [2.05, 4.69) is 10.3 Å². The highest BCUT2D eigenvalue weighted by Gasteiger charge is 2.33. The number of thiazole rings is 1. The highest BCUT2D eigenvalue weighted by molar-refractivity contribution is 7.19. The molecule has 0 unspecified atom stereocenters. The lowest BCUT2D eigenvalue weighted by Crippen LogP contribution is -2.30. The van der Waals surface area contributed by atoms with E-state index >= 15 is 0 Å². The number of anilines is 1. The fourth-order valence-corrected chi connectivity index (χ4v) is 3.57. The Morgan fingerprint density at radius 1 is 1.29 bits per heavy atom. The topological polar surface area (TPSA) is 62.2 Å². The first-order chi connectivity index (χ1) is 10.1. The van der Waals surface area contributed by atoms with Gasteiger partial charge in [0.25, 0.3) is 0 Å². The second-order valence-corrected chi connectivity index (χ2v) is 6.58. The van der Waals surface area contributed by atoms with Crippen LogP contribution in [0, 0.1) is 0 Å². The van der Waals surface area contributed by atoms with Crippen molar-refractivity contribution >= 4 is 22.2 Å². The molecule has 21 heavy (non-hydrogen) atoms. The highest BCUT2D eigenvalue weighted by Crippen LogP contribution is 2.33. The van der Waals surface area contributed by atoms with E-state index in [0.29, 0.717) is 0 Å². The van der Waals surface area contributed by atoms with Crippen molar-refractivity contribution in [1.82, 2.24) is 4.98 Å². The van der Waals surface area contributed by atoms with Crippen LogP contribution in [0.4, 0.5) is 5.00 Å². The molecular weight excluding hydrogens is 284 g/mol. The molecule has 0 radical (unpaired) electrons. The standard InChI is InChI=1S/C16H18N2O2S/c19-13(10-16(20)8-4-5-9-16)18-14-11-17-15(21-14)12-6-2-1-3-7-12/h1-3,6-7,11,20H,4-5,8-10H2,(H,18,19). The second kappa shape index (κ2) is 5.95. The van der Waals surface area contributed by atoms with Crippen molar-refractivity contribution in [2.75, 3.05) is 5.32 Å². The summed E-state index contributed by atoms with van der Waals surface area (Å²) in [4.78, 5) is 16.4. The van der Waals surface area contributed by atoms with Gasteiger partial charge in [0.1, 0.15) is 10.0 Å². The Balaban J connectivity index is 1.63. The number of amides is 1.